The molecule has 0 N–H and O–H groups in total. The molecule has 2 aromatic carbocycles. The molecule has 0 atom stereocenters. The van der Waals surface area contributed by atoms with Gasteiger partial charge in [0.1, 0.15) is 0 Å². The summed E-state index contributed by atoms with van der Waals surface area (Å²) in [5.41, 5.74) is 1.82. The number of aromatic nitrogens is 2. The number of anilines is 1. The molecule has 0 unspecified atom stereocenters. The molecule has 132 valence electrons. The minimum absolute atomic E-state index is 0.0731. The maximum Gasteiger partial charge on any atom is 0.227 e. The van der Waals surface area contributed by atoms with E-state index in [0.717, 1.165) is 28.4 Å². The quantitative estimate of drug-likeness (QED) is 0.663. The van der Waals surface area contributed by atoms with Gasteiger partial charge < -0.3 is 9.42 Å². The molecule has 0 saturated carbocycles. The van der Waals surface area contributed by atoms with Crippen molar-refractivity contribution in [2.45, 2.75) is 17.7 Å². The highest BCUT2D eigenvalue weighted by Gasteiger charge is 2.23. The molecule has 26 heavy (non-hydrogen) atoms. The zero-order valence-corrected chi connectivity index (χ0v) is 15.5. The fourth-order valence-electron chi connectivity index (χ4n) is 2.85. The van der Waals surface area contributed by atoms with Crippen molar-refractivity contribution in [2.24, 2.45) is 0 Å². The van der Waals surface area contributed by atoms with Crippen LogP contribution in [0.1, 0.15) is 12.3 Å². The van der Waals surface area contributed by atoms with Gasteiger partial charge in [0.05, 0.1) is 5.69 Å². The molecular formula is C19H16ClN3O2S. The van der Waals surface area contributed by atoms with Gasteiger partial charge in [0, 0.05) is 40.6 Å². The predicted octanol–water partition coefficient (Wildman–Crippen LogP) is 4.46. The molecule has 4 rings (SSSR count). The number of para-hydroxylation sites is 1. The number of carbonyl (C=O) groups is 1. The minimum Gasteiger partial charge on any atom is -0.339 e. The number of benzene rings is 2. The summed E-state index contributed by atoms with van der Waals surface area (Å²) in [6.07, 6.45) is 0.756. The van der Waals surface area contributed by atoms with Gasteiger partial charge in [-0.1, -0.05) is 28.9 Å². The summed E-state index contributed by atoms with van der Waals surface area (Å²) in [4.78, 5) is 20.0. The topological polar surface area (TPSA) is 59.2 Å². The number of hydrogen-bond donors (Lipinski definition) is 0. The molecule has 5 nitrogen and oxygen atoms in total. The highest BCUT2D eigenvalue weighted by molar-refractivity contribution is 7.99. The summed E-state index contributed by atoms with van der Waals surface area (Å²) in [6, 6.07) is 15.2. The highest BCUT2D eigenvalue weighted by atomic mass is 35.5. The average molecular weight is 386 g/mol. The number of halogens is 1. The van der Waals surface area contributed by atoms with Crippen molar-refractivity contribution in [1.82, 2.24) is 10.1 Å². The molecule has 1 aliphatic rings. The zero-order chi connectivity index (χ0) is 17.9. The number of hydrogen-bond acceptors (Lipinski definition) is 5. The molecule has 0 fully saturated rings. The summed E-state index contributed by atoms with van der Waals surface area (Å²) in [5, 5.41) is 4.64. The lowest BCUT2D eigenvalue weighted by atomic mass is 10.2. The molecular weight excluding hydrogens is 370 g/mol. The summed E-state index contributed by atoms with van der Waals surface area (Å²) in [7, 11) is 0. The normalized spacial score (nSPS) is 13.5. The average Bonchev–Trinajstić information content (AvgIpc) is 3.15. The van der Waals surface area contributed by atoms with E-state index in [0.29, 0.717) is 29.6 Å². The monoisotopic (exact) mass is 385 g/mol. The molecule has 2 heterocycles. The molecule has 1 aromatic heterocycles. The van der Waals surface area contributed by atoms with E-state index in [-0.39, 0.29) is 5.91 Å². The number of thioether (sulfide) groups is 1. The fourth-order valence-corrected chi connectivity index (χ4v) is 3.97. The summed E-state index contributed by atoms with van der Waals surface area (Å²) >= 11 is 7.67. The van der Waals surface area contributed by atoms with E-state index in [1.165, 1.54) is 0 Å². The first-order valence-electron chi connectivity index (χ1n) is 8.31. The molecule has 0 aliphatic carbocycles. The standard InChI is InChI=1S/C19H16ClN3O2S/c20-14-7-5-13(6-8-14)19-21-17(25-22-19)9-10-18(24)23-11-12-26-16-4-2-1-3-15(16)23/h1-8H,9-12H2. The number of amides is 1. The van der Waals surface area contributed by atoms with E-state index >= 15 is 0 Å². The molecule has 1 amide bonds. The van der Waals surface area contributed by atoms with Crippen LogP contribution in [-0.2, 0) is 11.2 Å². The van der Waals surface area contributed by atoms with Gasteiger partial charge in [-0.3, -0.25) is 4.79 Å². The van der Waals surface area contributed by atoms with Crippen molar-refractivity contribution in [1.29, 1.82) is 0 Å². The van der Waals surface area contributed by atoms with E-state index in [2.05, 4.69) is 16.2 Å². The number of carbonyl (C=O) groups excluding carboxylic acids is 1. The first-order chi connectivity index (χ1) is 12.7. The van der Waals surface area contributed by atoms with Gasteiger partial charge >= 0.3 is 0 Å². The number of fused-ring (bicyclic) bond motifs is 1. The van der Waals surface area contributed by atoms with Crippen molar-refractivity contribution in [3.63, 3.8) is 0 Å². The molecule has 7 heteroatoms. The Morgan fingerprint density at radius 1 is 1.19 bits per heavy atom. The molecule has 0 saturated heterocycles. The largest absolute Gasteiger partial charge is 0.339 e. The van der Waals surface area contributed by atoms with Crippen LogP contribution >= 0.6 is 23.4 Å². The lowest BCUT2D eigenvalue weighted by Crippen LogP contribution is -2.35. The van der Waals surface area contributed by atoms with Gasteiger partial charge in [-0.2, -0.15) is 4.98 Å². The third kappa shape index (κ3) is 3.61. The predicted molar refractivity (Wildman–Crippen MR) is 103 cm³/mol. The van der Waals surface area contributed by atoms with Crippen molar-refractivity contribution in [2.75, 3.05) is 17.2 Å². The second-order valence-electron chi connectivity index (χ2n) is 5.88. The van der Waals surface area contributed by atoms with Crippen LogP contribution in [0.3, 0.4) is 0 Å². The summed E-state index contributed by atoms with van der Waals surface area (Å²) in [5.74, 6) is 1.94. The Balaban J connectivity index is 1.42. The van der Waals surface area contributed by atoms with E-state index < -0.39 is 0 Å². The lowest BCUT2D eigenvalue weighted by molar-refractivity contribution is -0.118. The van der Waals surface area contributed by atoms with Gasteiger partial charge in [-0.15, -0.1) is 11.8 Å². The van der Waals surface area contributed by atoms with Crippen LogP contribution in [0.15, 0.2) is 57.9 Å². The molecule has 0 spiro atoms. The van der Waals surface area contributed by atoms with Crippen molar-refractivity contribution in [3.8, 4) is 11.4 Å². The first kappa shape index (κ1) is 17.1. The van der Waals surface area contributed by atoms with Crippen molar-refractivity contribution < 1.29 is 9.32 Å². The van der Waals surface area contributed by atoms with E-state index in [9.17, 15) is 4.79 Å². The highest BCUT2D eigenvalue weighted by Crippen LogP contribution is 2.34. The Bertz CT molecular complexity index is 927. The third-order valence-electron chi connectivity index (χ3n) is 4.15. The summed E-state index contributed by atoms with van der Waals surface area (Å²) in [6.45, 7) is 0.723. The molecule has 0 bridgehead atoms. The number of nitrogens with zero attached hydrogens (tertiary/aromatic N) is 3. The van der Waals surface area contributed by atoms with Gasteiger partial charge in [-0.25, -0.2) is 0 Å². The van der Waals surface area contributed by atoms with Crippen molar-refractivity contribution >= 4 is 35.0 Å². The molecule has 0 radical (unpaired) electrons. The van der Waals surface area contributed by atoms with Crippen LogP contribution in [0.5, 0.6) is 0 Å². The van der Waals surface area contributed by atoms with Gasteiger partial charge in [0.2, 0.25) is 17.6 Å². The van der Waals surface area contributed by atoms with E-state index in [1.54, 1.807) is 23.9 Å². The van der Waals surface area contributed by atoms with Crippen LogP contribution in [0.4, 0.5) is 5.69 Å². The van der Waals surface area contributed by atoms with Gasteiger partial charge in [0.25, 0.3) is 0 Å². The van der Waals surface area contributed by atoms with Crippen LogP contribution in [0, 0.1) is 0 Å². The Hall–Kier alpha value is -2.31. The van der Waals surface area contributed by atoms with E-state index in [4.69, 9.17) is 16.1 Å². The lowest BCUT2D eigenvalue weighted by Gasteiger charge is -2.28. The van der Waals surface area contributed by atoms with Crippen LogP contribution in [-0.4, -0.2) is 28.3 Å². The van der Waals surface area contributed by atoms with Crippen LogP contribution < -0.4 is 4.90 Å². The smallest absolute Gasteiger partial charge is 0.227 e. The van der Waals surface area contributed by atoms with E-state index in [1.807, 2.05) is 35.2 Å². The first-order valence-corrected chi connectivity index (χ1v) is 9.68. The second kappa shape index (κ2) is 7.51. The minimum atomic E-state index is 0.0731. The number of rotatable bonds is 4. The Kier molecular flexibility index (Phi) is 4.95. The Labute approximate surface area is 160 Å². The Morgan fingerprint density at radius 2 is 2.00 bits per heavy atom. The van der Waals surface area contributed by atoms with Gasteiger partial charge in [0.15, 0.2) is 0 Å². The summed E-state index contributed by atoms with van der Waals surface area (Å²) < 4.78 is 5.29. The third-order valence-corrected chi connectivity index (χ3v) is 5.45. The SMILES string of the molecule is O=C(CCc1nc(-c2ccc(Cl)cc2)no1)N1CCSc2ccccc21. The maximum absolute atomic E-state index is 12.7. The molecule has 1 aliphatic heterocycles. The number of aryl methyl sites for hydroxylation is 1. The van der Waals surface area contributed by atoms with Gasteiger partial charge in [-0.05, 0) is 36.4 Å². The second-order valence-corrected chi connectivity index (χ2v) is 7.45. The van der Waals surface area contributed by atoms with Crippen molar-refractivity contribution in [3.05, 3.63) is 59.4 Å². The maximum atomic E-state index is 12.7. The van der Waals surface area contributed by atoms with Crippen LogP contribution in [0.2, 0.25) is 5.02 Å². The zero-order valence-electron chi connectivity index (χ0n) is 13.9. The van der Waals surface area contributed by atoms with Crippen LogP contribution in [0.25, 0.3) is 11.4 Å². The Morgan fingerprint density at radius 3 is 2.85 bits per heavy atom. The fraction of sp³-hybridized carbons (Fsp3) is 0.211. The molecule has 3 aromatic rings.